The first-order chi connectivity index (χ1) is 8.08. The lowest BCUT2D eigenvalue weighted by molar-refractivity contribution is -0.142. The Labute approximate surface area is 101 Å². The predicted octanol–water partition coefficient (Wildman–Crippen LogP) is 1.20. The standard InChI is InChI=1S/C13H18N2O2/c1-10-4-3-5-11(8-10)15-7-6-14(2)12(9-15)13(16)17/h3-5,8,12H,6-7,9H2,1-2H3,(H,16,17). The van der Waals surface area contributed by atoms with Crippen molar-refractivity contribution >= 4 is 11.7 Å². The molecule has 1 aliphatic rings. The number of carbonyl (C=O) groups is 1. The minimum atomic E-state index is -0.746. The average Bonchev–Trinajstić information content (AvgIpc) is 2.29. The van der Waals surface area contributed by atoms with Gasteiger partial charge in [-0.05, 0) is 31.7 Å². The van der Waals surface area contributed by atoms with Crippen LogP contribution in [0.1, 0.15) is 5.56 Å². The van der Waals surface area contributed by atoms with Crippen molar-refractivity contribution in [3.63, 3.8) is 0 Å². The van der Waals surface area contributed by atoms with Crippen LogP contribution in [0.15, 0.2) is 24.3 Å². The van der Waals surface area contributed by atoms with E-state index in [-0.39, 0.29) is 0 Å². The van der Waals surface area contributed by atoms with Gasteiger partial charge in [0.05, 0.1) is 0 Å². The number of hydrogen-bond acceptors (Lipinski definition) is 3. The van der Waals surface area contributed by atoms with E-state index in [0.29, 0.717) is 6.54 Å². The third kappa shape index (κ3) is 2.58. The SMILES string of the molecule is Cc1cccc(N2CCN(C)C(C(=O)O)C2)c1. The van der Waals surface area contributed by atoms with E-state index in [4.69, 9.17) is 5.11 Å². The number of aliphatic carboxylic acids is 1. The van der Waals surface area contributed by atoms with Crippen molar-refractivity contribution in [3.8, 4) is 0 Å². The summed E-state index contributed by atoms with van der Waals surface area (Å²) in [7, 11) is 1.87. The van der Waals surface area contributed by atoms with E-state index in [1.165, 1.54) is 5.56 Å². The Hall–Kier alpha value is -1.55. The van der Waals surface area contributed by atoms with E-state index in [1.54, 1.807) is 0 Å². The van der Waals surface area contributed by atoms with Crippen molar-refractivity contribution < 1.29 is 9.90 Å². The number of carboxylic acid groups (broad SMARTS) is 1. The quantitative estimate of drug-likeness (QED) is 0.835. The third-order valence-electron chi connectivity index (χ3n) is 3.30. The zero-order chi connectivity index (χ0) is 12.4. The summed E-state index contributed by atoms with van der Waals surface area (Å²) in [5.41, 5.74) is 2.32. The first-order valence-corrected chi connectivity index (χ1v) is 5.82. The number of piperazine rings is 1. The Morgan fingerprint density at radius 2 is 2.18 bits per heavy atom. The van der Waals surface area contributed by atoms with E-state index < -0.39 is 12.0 Å². The molecule has 1 atom stereocenters. The fourth-order valence-corrected chi connectivity index (χ4v) is 2.20. The van der Waals surface area contributed by atoms with Crippen LogP contribution >= 0.6 is 0 Å². The second kappa shape index (κ2) is 4.75. The number of benzene rings is 1. The fraction of sp³-hybridized carbons (Fsp3) is 0.462. The first-order valence-electron chi connectivity index (χ1n) is 5.82. The van der Waals surface area contributed by atoms with Gasteiger partial charge in [-0.25, -0.2) is 0 Å². The summed E-state index contributed by atoms with van der Waals surface area (Å²) in [6.45, 7) is 4.26. The third-order valence-corrected chi connectivity index (χ3v) is 3.30. The molecule has 0 amide bonds. The van der Waals surface area contributed by atoms with E-state index >= 15 is 0 Å². The van der Waals surface area contributed by atoms with Crippen LogP contribution in [-0.2, 0) is 4.79 Å². The lowest BCUT2D eigenvalue weighted by Crippen LogP contribution is -2.54. The Balaban J connectivity index is 2.16. The van der Waals surface area contributed by atoms with Crippen molar-refractivity contribution in [1.29, 1.82) is 0 Å². The molecule has 1 unspecified atom stereocenters. The average molecular weight is 234 g/mol. The molecule has 1 fully saturated rings. The number of likely N-dealkylation sites (N-methyl/N-ethyl adjacent to an activating group) is 1. The molecule has 0 spiro atoms. The molecule has 1 aromatic carbocycles. The fourth-order valence-electron chi connectivity index (χ4n) is 2.20. The molecule has 1 aliphatic heterocycles. The van der Waals surface area contributed by atoms with Crippen LogP contribution in [0.2, 0.25) is 0 Å². The first kappa shape index (κ1) is 11.9. The van der Waals surface area contributed by atoms with Crippen molar-refractivity contribution in [1.82, 2.24) is 4.90 Å². The second-order valence-electron chi connectivity index (χ2n) is 4.62. The number of hydrogen-bond donors (Lipinski definition) is 1. The van der Waals surface area contributed by atoms with Crippen LogP contribution in [0.5, 0.6) is 0 Å². The molecule has 2 rings (SSSR count). The van der Waals surface area contributed by atoms with Crippen LogP contribution in [0.3, 0.4) is 0 Å². The van der Waals surface area contributed by atoms with Crippen LogP contribution in [0.4, 0.5) is 5.69 Å². The lowest BCUT2D eigenvalue weighted by Gasteiger charge is -2.38. The maximum absolute atomic E-state index is 11.1. The molecule has 0 aliphatic carbocycles. The van der Waals surface area contributed by atoms with Gasteiger partial charge < -0.3 is 10.0 Å². The van der Waals surface area contributed by atoms with Gasteiger partial charge in [0, 0.05) is 25.3 Å². The molecule has 0 aromatic heterocycles. The molecule has 92 valence electrons. The van der Waals surface area contributed by atoms with Crippen molar-refractivity contribution in [2.24, 2.45) is 0 Å². The lowest BCUT2D eigenvalue weighted by atomic mass is 10.1. The Kier molecular flexibility index (Phi) is 3.33. The van der Waals surface area contributed by atoms with Gasteiger partial charge in [-0.1, -0.05) is 12.1 Å². The topological polar surface area (TPSA) is 43.8 Å². The van der Waals surface area contributed by atoms with Crippen LogP contribution in [0.25, 0.3) is 0 Å². The summed E-state index contributed by atoms with van der Waals surface area (Å²) in [6, 6.07) is 7.79. The number of anilines is 1. The molecule has 0 bridgehead atoms. The normalized spacial score (nSPS) is 21.5. The van der Waals surface area contributed by atoms with Gasteiger partial charge in [0.2, 0.25) is 0 Å². The van der Waals surface area contributed by atoms with E-state index in [9.17, 15) is 4.79 Å². The maximum atomic E-state index is 11.1. The molecule has 1 saturated heterocycles. The summed E-state index contributed by atoms with van der Waals surface area (Å²) in [4.78, 5) is 15.2. The van der Waals surface area contributed by atoms with Crippen LogP contribution in [-0.4, -0.2) is 48.7 Å². The molecular weight excluding hydrogens is 216 g/mol. The van der Waals surface area contributed by atoms with E-state index in [1.807, 2.05) is 37.1 Å². The summed E-state index contributed by atoms with van der Waals surface area (Å²) >= 11 is 0. The minimum Gasteiger partial charge on any atom is -0.480 e. The highest BCUT2D eigenvalue weighted by molar-refractivity contribution is 5.75. The molecule has 0 saturated carbocycles. The highest BCUT2D eigenvalue weighted by Crippen LogP contribution is 2.19. The van der Waals surface area contributed by atoms with Gasteiger partial charge >= 0.3 is 5.97 Å². The number of carboxylic acids is 1. The molecule has 0 radical (unpaired) electrons. The number of aryl methyl sites for hydroxylation is 1. The zero-order valence-electron chi connectivity index (χ0n) is 10.3. The van der Waals surface area contributed by atoms with Crippen LogP contribution < -0.4 is 4.90 Å². The highest BCUT2D eigenvalue weighted by Gasteiger charge is 2.29. The van der Waals surface area contributed by atoms with Gasteiger partial charge in [-0.15, -0.1) is 0 Å². The van der Waals surface area contributed by atoms with Gasteiger partial charge in [0.1, 0.15) is 6.04 Å². The summed E-state index contributed by atoms with van der Waals surface area (Å²) in [6.07, 6.45) is 0. The van der Waals surface area contributed by atoms with Gasteiger partial charge in [0.15, 0.2) is 0 Å². The van der Waals surface area contributed by atoms with Crippen molar-refractivity contribution in [2.45, 2.75) is 13.0 Å². The predicted molar refractivity (Wildman–Crippen MR) is 67.4 cm³/mol. The maximum Gasteiger partial charge on any atom is 0.322 e. The largest absolute Gasteiger partial charge is 0.480 e. The molecule has 1 aromatic rings. The Morgan fingerprint density at radius 1 is 1.41 bits per heavy atom. The molecule has 1 heterocycles. The van der Waals surface area contributed by atoms with Crippen molar-refractivity contribution in [3.05, 3.63) is 29.8 Å². The zero-order valence-corrected chi connectivity index (χ0v) is 10.3. The molecule has 4 nitrogen and oxygen atoms in total. The summed E-state index contributed by atoms with van der Waals surface area (Å²) in [5.74, 6) is -0.746. The van der Waals surface area contributed by atoms with E-state index in [2.05, 4.69) is 11.0 Å². The molecular formula is C13H18N2O2. The van der Waals surface area contributed by atoms with Crippen molar-refractivity contribution in [2.75, 3.05) is 31.6 Å². The van der Waals surface area contributed by atoms with Gasteiger partial charge in [-0.3, -0.25) is 9.69 Å². The Morgan fingerprint density at radius 3 is 2.82 bits per heavy atom. The molecule has 4 heteroatoms. The Bertz CT molecular complexity index is 420. The molecule has 1 N–H and O–H groups in total. The highest BCUT2D eigenvalue weighted by atomic mass is 16.4. The van der Waals surface area contributed by atoms with Crippen LogP contribution in [0, 0.1) is 6.92 Å². The smallest absolute Gasteiger partial charge is 0.322 e. The van der Waals surface area contributed by atoms with Gasteiger partial charge in [0.25, 0.3) is 0 Å². The monoisotopic (exact) mass is 234 g/mol. The minimum absolute atomic E-state index is 0.413. The number of nitrogens with zero attached hydrogens (tertiary/aromatic N) is 2. The number of rotatable bonds is 2. The summed E-state index contributed by atoms with van der Waals surface area (Å²) < 4.78 is 0. The second-order valence-corrected chi connectivity index (χ2v) is 4.62. The van der Waals surface area contributed by atoms with E-state index in [0.717, 1.165) is 18.8 Å². The summed E-state index contributed by atoms with van der Waals surface area (Å²) in [5, 5.41) is 9.16. The molecule has 17 heavy (non-hydrogen) atoms. The van der Waals surface area contributed by atoms with Gasteiger partial charge in [-0.2, -0.15) is 0 Å².